The Morgan fingerprint density at radius 3 is 2.62 bits per heavy atom. The number of methoxy groups -OCH3 is 1. The highest BCUT2D eigenvalue weighted by atomic mass is 16.7. The highest BCUT2D eigenvalue weighted by molar-refractivity contribution is 5.70. The topological polar surface area (TPSA) is 57.2 Å². The van der Waals surface area contributed by atoms with Gasteiger partial charge in [0.15, 0.2) is 0 Å². The Morgan fingerprint density at radius 2 is 1.96 bits per heavy atom. The van der Waals surface area contributed by atoms with E-state index < -0.39 is 11.7 Å². The fourth-order valence-corrected chi connectivity index (χ4v) is 2.66. The second-order valence-electron chi connectivity index (χ2n) is 7.19. The minimum atomic E-state index is -0.569. The normalized spacial score (nSPS) is 20.2. The first-order chi connectivity index (χ1) is 12.4. The summed E-state index contributed by atoms with van der Waals surface area (Å²) in [7, 11) is 1.57. The van der Waals surface area contributed by atoms with E-state index in [-0.39, 0.29) is 18.9 Å². The van der Waals surface area contributed by atoms with Crippen molar-refractivity contribution < 1.29 is 23.7 Å². The standard InChI is InChI=1S/C20H29NO5/c1-20(2,3)26-19(22)21-12-8-11-18(25-15-23-4)17(21)14-24-13-16-9-6-5-7-10-16/h5-10,12,17-18H,11,13-15H2,1-4H3/t17-,18-/m1/s1. The van der Waals surface area contributed by atoms with Crippen LogP contribution in [0.4, 0.5) is 4.79 Å². The fourth-order valence-electron chi connectivity index (χ4n) is 2.66. The molecular formula is C20H29NO5. The van der Waals surface area contributed by atoms with Gasteiger partial charge in [0.1, 0.15) is 12.4 Å². The van der Waals surface area contributed by atoms with E-state index >= 15 is 0 Å². The van der Waals surface area contributed by atoms with Gasteiger partial charge in [0.2, 0.25) is 0 Å². The van der Waals surface area contributed by atoms with E-state index in [0.29, 0.717) is 19.6 Å². The molecule has 0 bridgehead atoms. The maximum Gasteiger partial charge on any atom is 0.414 e. The summed E-state index contributed by atoms with van der Waals surface area (Å²) in [5, 5.41) is 0. The molecule has 0 aliphatic carbocycles. The molecule has 0 fully saturated rings. The van der Waals surface area contributed by atoms with Crippen LogP contribution in [-0.4, -0.2) is 49.2 Å². The average Bonchev–Trinajstić information content (AvgIpc) is 2.60. The Balaban J connectivity index is 2.04. The first kappa shape index (κ1) is 20.4. The molecule has 6 heteroatoms. The smallest absolute Gasteiger partial charge is 0.414 e. The second-order valence-corrected chi connectivity index (χ2v) is 7.19. The SMILES string of the molecule is COCO[C@@H]1CC=CN(C(=O)OC(C)(C)C)[C@@H]1COCc1ccccc1. The predicted octanol–water partition coefficient (Wildman–Crippen LogP) is 3.72. The Hall–Kier alpha value is -1.89. The summed E-state index contributed by atoms with van der Waals surface area (Å²) < 4.78 is 22.2. The Labute approximate surface area is 155 Å². The van der Waals surface area contributed by atoms with Gasteiger partial charge in [-0.25, -0.2) is 4.79 Å². The molecule has 26 heavy (non-hydrogen) atoms. The highest BCUT2D eigenvalue weighted by Gasteiger charge is 2.35. The van der Waals surface area contributed by atoms with Crippen LogP contribution in [0.15, 0.2) is 42.6 Å². The lowest BCUT2D eigenvalue weighted by atomic mass is 10.0. The summed E-state index contributed by atoms with van der Waals surface area (Å²) in [5.74, 6) is 0. The molecule has 2 rings (SSSR count). The van der Waals surface area contributed by atoms with Gasteiger partial charge in [-0.3, -0.25) is 4.90 Å². The van der Waals surface area contributed by atoms with Gasteiger partial charge in [0.05, 0.1) is 25.4 Å². The molecule has 0 radical (unpaired) electrons. The van der Waals surface area contributed by atoms with Crippen molar-refractivity contribution in [1.29, 1.82) is 0 Å². The van der Waals surface area contributed by atoms with Gasteiger partial charge in [0, 0.05) is 13.3 Å². The summed E-state index contributed by atoms with van der Waals surface area (Å²) in [6.45, 7) is 6.51. The molecule has 0 saturated heterocycles. The molecule has 1 heterocycles. The van der Waals surface area contributed by atoms with E-state index in [4.69, 9.17) is 18.9 Å². The lowest BCUT2D eigenvalue weighted by molar-refractivity contribution is -0.109. The molecule has 2 atom stereocenters. The Morgan fingerprint density at radius 1 is 1.23 bits per heavy atom. The van der Waals surface area contributed by atoms with Crippen molar-refractivity contribution in [2.24, 2.45) is 0 Å². The zero-order valence-electron chi connectivity index (χ0n) is 16.0. The van der Waals surface area contributed by atoms with Gasteiger partial charge in [-0.1, -0.05) is 36.4 Å². The highest BCUT2D eigenvalue weighted by Crippen LogP contribution is 2.22. The van der Waals surface area contributed by atoms with Gasteiger partial charge >= 0.3 is 6.09 Å². The molecule has 1 aliphatic heterocycles. The molecule has 6 nitrogen and oxygen atoms in total. The molecule has 0 saturated carbocycles. The van der Waals surface area contributed by atoms with Crippen LogP contribution in [0.3, 0.4) is 0 Å². The summed E-state index contributed by atoms with van der Waals surface area (Å²) >= 11 is 0. The van der Waals surface area contributed by atoms with Crippen LogP contribution < -0.4 is 0 Å². The largest absolute Gasteiger partial charge is 0.443 e. The monoisotopic (exact) mass is 363 g/mol. The minimum absolute atomic E-state index is 0.163. The van der Waals surface area contributed by atoms with E-state index in [2.05, 4.69) is 0 Å². The Bertz CT molecular complexity index is 582. The van der Waals surface area contributed by atoms with Crippen LogP contribution in [0.5, 0.6) is 0 Å². The van der Waals surface area contributed by atoms with Crippen LogP contribution in [0.1, 0.15) is 32.8 Å². The molecule has 1 aromatic carbocycles. The third kappa shape index (κ3) is 6.44. The number of amides is 1. The summed E-state index contributed by atoms with van der Waals surface area (Å²) in [6.07, 6.45) is 3.70. The fraction of sp³-hybridized carbons (Fsp3) is 0.550. The van der Waals surface area contributed by atoms with Gasteiger partial charge in [-0.15, -0.1) is 0 Å². The zero-order valence-corrected chi connectivity index (χ0v) is 16.0. The molecule has 0 aromatic heterocycles. The quantitative estimate of drug-likeness (QED) is 0.691. The molecule has 1 amide bonds. The molecule has 0 unspecified atom stereocenters. The van der Waals surface area contributed by atoms with Crippen molar-refractivity contribution in [1.82, 2.24) is 4.90 Å². The summed E-state index contributed by atoms with van der Waals surface area (Å²) in [6, 6.07) is 9.64. The Kier molecular flexibility index (Phi) is 7.63. The summed E-state index contributed by atoms with van der Waals surface area (Å²) in [4.78, 5) is 14.1. The van der Waals surface area contributed by atoms with Gasteiger partial charge in [-0.2, -0.15) is 0 Å². The molecule has 0 N–H and O–H groups in total. The van der Waals surface area contributed by atoms with Crippen LogP contribution in [0.25, 0.3) is 0 Å². The van der Waals surface area contributed by atoms with Crippen LogP contribution in [0, 0.1) is 0 Å². The second kappa shape index (κ2) is 9.71. The van der Waals surface area contributed by atoms with Crippen molar-refractivity contribution in [3.05, 3.63) is 48.2 Å². The molecular weight excluding hydrogens is 334 g/mol. The maximum absolute atomic E-state index is 12.6. The minimum Gasteiger partial charge on any atom is -0.443 e. The van der Waals surface area contributed by atoms with E-state index in [9.17, 15) is 4.79 Å². The van der Waals surface area contributed by atoms with Gasteiger partial charge in [-0.05, 0) is 32.8 Å². The van der Waals surface area contributed by atoms with Crippen molar-refractivity contribution >= 4 is 6.09 Å². The first-order valence-corrected chi connectivity index (χ1v) is 8.81. The van der Waals surface area contributed by atoms with E-state index in [1.165, 1.54) is 0 Å². The third-order valence-corrected chi connectivity index (χ3v) is 3.83. The molecule has 1 aromatic rings. The first-order valence-electron chi connectivity index (χ1n) is 8.81. The molecule has 0 spiro atoms. The number of ether oxygens (including phenoxy) is 4. The number of hydrogen-bond acceptors (Lipinski definition) is 5. The third-order valence-electron chi connectivity index (χ3n) is 3.83. The van der Waals surface area contributed by atoms with Crippen molar-refractivity contribution in [3.63, 3.8) is 0 Å². The predicted molar refractivity (Wildman–Crippen MR) is 98.5 cm³/mol. The number of rotatable bonds is 7. The lowest BCUT2D eigenvalue weighted by Crippen LogP contribution is -2.51. The van der Waals surface area contributed by atoms with Gasteiger partial charge in [0.25, 0.3) is 0 Å². The van der Waals surface area contributed by atoms with Crippen molar-refractivity contribution in [2.45, 2.75) is 51.5 Å². The average molecular weight is 363 g/mol. The van der Waals surface area contributed by atoms with E-state index in [1.807, 2.05) is 57.2 Å². The van der Waals surface area contributed by atoms with Crippen molar-refractivity contribution in [3.8, 4) is 0 Å². The van der Waals surface area contributed by atoms with Crippen LogP contribution >= 0.6 is 0 Å². The number of nitrogens with zero attached hydrogens (tertiary/aromatic N) is 1. The number of benzene rings is 1. The number of carbonyl (C=O) groups is 1. The van der Waals surface area contributed by atoms with Crippen LogP contribution in [-0.2, 0) is 25.6 Å². The van der Waals surface area contributed by atoms with E-state index in [1.54, 1.807) is 18.2 Å². The van der Waals surface area contributed by atoms with Gasteiger partial charge < -0.3 is 18.9 Å². The van der Waals surface area contributed by atoms with E-state index in [0.717, 1.165) is 5.56 Å². The number of hydrogen-bond donors (Lipinski definition) is 0. The molecule has 1 aliphatic rings. The lowest BCUT2D eigenvalue weighted by Gasteiger charge is -2.37. The van der Waals surface area contributed by atoms with Crippen molar-refractivity contribution in [2.75, 3.05) is 20.5 Å². The van der Waals surface area contributed by atoms with Crippen LogP contribution in [0.2, 0.25) is 0 Å². The number of carbonyl (C=O) groups excluding carboxylic acids is 1. The zero-order chi connectivity index (χ0) is 19.0. The maximum atomic E-state index is 12.6. The summed E-state index contributed by atoms with van der Waals surface area (Å²) in [5.41, 5.74) is 0.512. The molecule has 144 valence electrons.